The van der Waals surface area contributed by atoms with Crippen LogP contribution in [0.3, 0.4) is 0 Å². The van der Waals surface area contributed by atoms with Gasteiger partial charge in [0.1, 0.15) is 0 Å². The zero-order chi connectivity index (χ0) is 18.8. The standard InChI is InChI=1S/C20H39NO3/c1-16(11-14-24-19(23)18(3)22)17(2)15-20(4,5)12-9-8-10-13-21(6)7/h16-17,22H,3,8-15H2,1-2,4-7H3. The Balaban J connectivity index is 4.01. The molecule has 0 saturated heterocycles. The average Bonchev–Trinajstić information content (AvgIpc) is 2.45. The van der Waals surface area contributed by atoms with Gasteiger partial charge >= 0.3 is 5.97 Å². The molecule has 0 spiro atoms. The van der Waals surface area contributed by atoms with E-state index < -0.39 is 11.7 Å². The smallest absolute Gasteiger partial charge is 0.372 e. The number of carbonyl (C=O) groups is 1. The predicted octanol–water partition coefficient (Wildman–Crippen LogP) is 4.80. The van der Waals surface area contributed by atoms with Crippen molar-refractivity contribution in [2.24, 2.45) is 17.3 Å². The van der Waals surface area contributed by atoms with Crippen LogP contribution in [0.2, 0.25) is 0 Å². The third-order valence-corrected chi connectivity index (χ3v) is 4.85. The van der Waals surface area contributed by atoms with Crippen LogP contribution in [-0.4, -0.2) is 43.2 Å². The molecule has 2 atom stereocenters. The van der Waals surface area contributed by atoms with Crippen LogP contribution in [0.15, 0.2) is 12.3 Å². The minimum Gasteiger partial charge on any atom is -0.502 e. The van der Waals surface area contributed by atoms with Gasteiger partial charge in [0.25, 0.3) is 0 Å². The molecule has 0 saturated carbocycles. The van der Waals surface area contributed by atoms with E-state index in [-0.39, 0.29) is 0 Å². The number of hydrogen-bond donors (Lipinski definition) is 1. The highest BCUT2D eigenvalue weighted by molar-refractivity contribution is 5.84. The molecule has 0 radical (unpaired) electrons. The molecule has 0 aliphatic carbocycles. The molecular weight excluding hydrogens is 302 g/mol. The van der Waals surface area contributed by atoms with Crippen molar-refractivity contribution in [1.82, 2.24) is 4.90 Å². The minimum absolute atomic E-state index is 0.342. The van der Waals surface area contributed by atoms with Gasteiger partial charge in [-0.2, -0.15) is 0 Å². The van der Waals surface area contributed by atoms with Crippen LogP contribution < -0.4 is 0 Å². The van der Waals surface area contributed by atoms with E-state index in [4.69, 9.17) is 9.84 Å². The Morgan fingerprint density at radius 1 is 1.17 bits per heavy atom. The van der Waals surface area contributed by atoms with Crippen LogP contribution >= 0.6 is 0 Å². The Morgan fingerprint density at radius 2 is 1.79 bits per heavy atom. The second kappa shape index (κ2) is 11.5. The van der Waals surface area contributed by atoms with Gasteiger partial charge in [-0.25, -0.2) is 4.79 Å². The van der Waals surface area contributed by atoms with E-state index in [9.17, 15) is 4.79 Å². The Labute approximate surface area is 149 Å². The van der Waals surface area contributed by atoms with Gasteiger partial charge < -0.3 is 14.7 Å². The van der Waals surface area contributed by atoms with Crippen LogP contribution in [-0.2, 0) is 9.53 Å². The highest BCUT2D eigenvalue weighted by Crippen LogP contribution is 2.34. The topological polar surface area (TPSA) is 49.8 Å². The number of carbonyl (C=O) groups excluding carboxylic acids is 1. The summed E-state index contributed by atoms with van der Waals surface area (Å²) in [6, 6.07) is 0. The van der Waals surface area contributed by atoms with Crippen LogP contribution in [0.25, 0.3) is 0 Å². The second-order valence-corrected chi connectivity index (χ2v) is 8.31. The van der Waals surface area contributed by atoms with Gasteiger partial charge in [0.15, 0.2) is 5.76 Å². The molecule has 4 nitrogen and oxygen atoms in total. The largest absolute Gasteiger partial charge is 0.502 e. The van der Waals surface area contributed by atoms with E-state index >= 15 is 0 Å². The number of aliphatic hydroxyl groups excluding tert-OH is 1. The molecule has 0 aliphatic heterocycles. The summed E-state index contributed by atoms with van der Waals surface area (Å²) in [5.74, 6) is -0.172. The van der Waals surface area contributed by atoms with E-state index in [2.05, 4.69) is 53.3 Å². The molecule has 0 aliphatic rings. The Hall–Kier alpha value is -1.03. The summed E-state index contributed by atoms with van der Waals surface area (Å²) in [5, 5.41) is 8.93. The number of hydrogen-bond acceptors (Lipinski definition) is 4. The lowest BCUT2D eigenvalue weighted by Gasteiger charge is -2.31. The number of unbranched alkanes of at least 4 members (excludes halogenated alkanes) is 2. The monoisotopic (exact) mass is 341 g/mol. The molecule has 0 rings (SSSR count). The van der Waals surface area contributed by atoms with Crippen molar-refractivity contribution in [3.05, 3.63) is 12.3 Å². The molecular formula is C20H39NO3. The summed E-state index contributed by atoms with van der Waals surface area (Å²) in [7, 11) is 4.25. The molecule has 0 aromatic heterocycles. The SMILES string of the molecule is C=C(O)C(=O)OCCC(C)C(C)CC(C)(C)CCCCCN(C)C. The third kappa shape index (κ3) is 11.5. The Bertz CT molecular complexity index is 377. The maximum Gasteiger partial charge on any atom is 0.372 e. The van der Waals surface area contributed by atoms with Gasteiger partial charge in [0.2, 0.25) is 0 Å². The fourth-order valence-corrected chi connectivity index (χ4v) is 3.09. The van der Waals surface area contributed by atoms with Crippen molar-refractivity contribution < 1.29 is 14.6 Å². The van der Waals surface area contributed by atoms with Gasteiger partial charge in [-0.05, 0) is 70.2 Å². The first kappa shape index (κ1) is 23.0. The summed E-state index contributed by atoms with van der Waals surface area (Å²) in [6.07, 6.45) is 7.12. The van der Waals surface area contributed by atoms with Crippen molar-refractivity contribution in [2.75, 3.05) is 27.2 Å². The fourth-order valence-electron chi connectivity index (χ4n) is 3.09. The molecule has 24 heavy (non-hydrogen) atoms. The van der Waals surface area contributed by atoms with Gasteiger partial charge in [0.05, 0.1) is 6.61 Å². The molecule has 1 N–H and O–H groups in total. The fraction of sp³-hybridized carbons (Fsp3) is 0.850. The molecule has 2 unspecified atom stereocenters. The lowest BCUT2D eigenvalue weighted by Crippen LogP contribution is -2.21. The van der Waals surface area contributed by atoms with Crippen LogP contribution in [0.4, 0.5) is 0 Å². The van der Waals surface area contributed by atoms with Crippen molar-refractivity contribution >= 4 is 5.97 Å². The number of rotatable bonds is 13. The van der Waals surface area contributed by atoms with Crippen molar-refractivity contribution in [3.63, 3.8) is 0 Å². The second-order valence-electron chi connectivity index (χ2n) is 8.31. The molecule has 0 aromatic carbocycles. The van der Waals surface area contributed by atoms with E-state index in [1.165, 1.54) is 38.6 Å². The van der Waals surface area contributed by atoms with E-state index in [1.54, 1.807) is 0 Å². The predicted molar refractivity (Wildman–Crippen MR) is 101 cm³/mol. The van der Waals surface area contributed by atoms with Gasteiger partial charge in [0, 0.05) is 0 Å². The Kier molecular flexibility index (Phi) is 11.0. The van der Waals surface area contributed by atoms with Crippen molar-refractivity contribution in [1.29, 1.82) is 0 Å². The number of esters is 1. The van der Waals surface area contributed by atoms with Crippen LogP contribution in [0.1, 0.15) is 66.2 Å². The summed E-state index contributed by atoms with van der Waals surface area (Å²) in [6.45, 7) is 13.9. The zero-order valence-corrected chi connectivity index (χ0v) is 16.7. The summed E-state index contributed by atoms with van der Waals surface area (Å²) in [5.41, 5.74) is 0.349. The minimum atomic E-state index is -0.715. The van der Waals surface area contributed by atoms with Crippen molar-refractivity contribution in [2.45, 2.75) is 66.2 Å². The molecule has 4 heteroatoms. The molecule has 0 heterocycles. The average molecular weight is 342 g/mol. The highest BCUT2D eigenvalue weighted by atomic mass is 16.5. The van der Waals surface area contributed by atoms with E-state index in [1.807, 2.05) is 0 Å². The van der Waals surface area contributed by atoms with Gasteiger partial charge in [-0.3, -0.25) is 0 Å². The first-order chi connectivity index (χ1) is 11.0. The summed E-state index contributed by atoms with van der Waals surface area (Å²) >= 11 is 0. The lowest BCUT2D eigenvalue weighted by atomic mass is 9.75. The quantitative estimate of drug-likeness (QED) is 0.226. The third-order valence-electron chi connectivity index (χ3n) is 4.85. The highest BCUT2D eigenvalue weighted by Gasteiger charge is 2.24. The summed E-state index contributed by atoms with van der Waals surface area (Å²) in [4.78, 5) is 13.4. The molecule has 0 fully saturated rings. The first-order valence-electron chi connectivity index (χ1n) is 9.25. The number of ether oxygens (including phenoxy) is 1. The Morgan fingerprint density at radius 3 is 2.33 bits per heavy atom. The first-order valence-corrected chi connectivity index (χ1v) is 9.25. The molecule has 0 aromatic rings. The van der Waals surface area contributed by atoms with Crippen LogP contribution in [0.5, 0.6) is 0 Å². The van der Waals surface area contributed by atoms with Gasteiger partial charge in [-0.1, -0.05) is 40.5 Å². The van der Waals surface area contributed by atoms with E-state index in [0.29, 0.717) is 23.9 Å². The maximum absolute atomic E-state index is 11.2. The molecule has 0 bridgehead atoms. The molecule has 0 amide bonds. The lowest BCUT2D eigenvalue weighted by molar-refractivity contribution is -0.142. The molecule has 142 valence electrons. The number of aliphatic hydroxyl groups is 1. The van der Waals surface area contributed by atoms with Crippen LogP contribution in [0, 0.1) is 17.3 Å². The zero-order valence-electron chi connectivity index (χ0n) is 16.7. The number of nitrogens with zero attached hydrogens (tertiary/aromatic N) is 1. The maximum atomic E-state index is 11.2. The van der Waals surface area contributed by atoms with Gasteiger partial charge in [-0.15, -0.1) is 0 Å². The van der Waals surface area contributed by atoms with E-state index in [0.717, 1.165) is 6.42 Å². The normalized spacial score (nSPS) is 14.5. The van der Waals surface area contributed by atoms with Crippen molar-refractivity contribution in [3.8, 4) is 0 Å². The summed E-state index contributed by atoms with van der Waals surface area (Å²) < 4.78 is 4.97.